The summed E-state index contributed by atoms with van der Waals surface area (Å²) in [5, 5.41) is 4.86. The van der Waals surface area contributed by atoms with E-state index in [1.54, 1.807) is 0 Å². The van der Waals surface area contributed by atoms with Gasteiger partial charge in [0.05, 0.1) is 16.9 Å². The Hall–Kier alpha value is -1.88. The van der Waals surface area contributed by atoms with Gasteiger partial charge < -0.3 is 4.98 Å². The number of nitrogens with zero attached hydrogens (tertiary/aromatic N) is 4. The van der Waals surface area contributed by atoms with Crippen LogP contribution in [0.25, 0.3) is 22.3 Å². The number of hydrogen-bond donors (Lipinski definition) is 1. The van der Waals surface area contributed by atoms with Crippen LogP contribution in [0.15, 0.2) is 18.6 Å². The quantitative estimate of drug-likeness (QED) is 0.722. The van der Waals surface area contributed by atoms with E-state index in [-0.39, 0.29) is 0 Å². The molecule has 0 fully saturated rings. The van der Waals surface area contributed by atoms with Crippen LogP contribution in [0.5, 0.6) is 0 Å². The van der Waals surface area contributed by atoms with E-state index in [0.717, 1.165) is 34.5 Å². The number of aromatic amines is 1. The summed E-state index contributed by atoms with van der Waals surface area (Å²) in [7, 11) is 0. The summed E-state index contributed by atoms with van der Waals surface area (Å²) >= 11 is 6.03. The maximum atomic E-state index is 6.03. The lowest BCUT2D eigenvalue weighted by molar-refractivity contribution is 0.653. The number of aryl methyl sites for hydroxylation is 2. The summed E-state index contributed by atoms with van der Waals surface area (Å²) in [6.45, 7) is 4.89. The average Bonchev–Trinajstić information content (AvgIpc) is 2.93. The summed E-state index contributed by atoms with van der Waals surface area (Å²) < 4.78 is 1.91. The van der Waals surface area contributed by atoms with Crippen molar-refractivity contribution in [3.05, 3.63) is 29.4 Å². The molecule has 0 aliphatic heterocycles. The molecule has 0 aliphatic rings. The first kappa shape index (κ1) is 11.2. The van der Waals surface area contributed by atoms with E-state index in [9.17, 15) is 0 Å². The minimum atomic E-state index is 0.437. The lowest BCUT2D eigenvalue weighted by Crippen LogP contribution is -1.93. The van der Waals surface area contributed by atoms with E-state index in [2.05, 4.69) is 27.0 Å². The molecule has 3 rings (SSSR count). The molecular formula is C12H12ClN5. The fourth-order valence-corrected chi connectivity index (χ4v) is 2.19. The second-order valence-electron chi connectivity index (χ2n) is 4.09. The molecule has 0 aromatic carbocycles. The second kappa shape index (κ2) is 4.10. The van der Waals surface area contributed by atoms with Crippen LogP contribution in [-0.2, 0) is 6.54 Å². The summed E-state index contributed by atoms with van der Waals surface area (Å²) in [4.78, 5) is 11.4. The van der Waals surface area contributed by atoms with Crippen LogP contribution in [0.1, 0.15) is 12.6 Å². The molecule has 0 atom stereocenters. The molecule has 18 heavy (non-hydrogen) atoms. The molecule has 0 saturated heterocycles. The van der Waals surface area contributed by atoms with Crippen LogP contribution in [0.4, 0.5) is 0 Å². The third-order valence-electron chi connectivity index (χ3n) is 2.93. The Morgan fingerprint density at radius 1 is 1.39 bits per heavy atom. The number of halogens is 1. The second-order valence-corrected chi connectivity index (χ2v) is 4.45. The number of fused-ring (bicyclic) bond motifs is 1. The van der Waals surface area contributed by atoms with Crippen LogP contribution in [-0.4, -0.2) is 24.7 Å². The monoisotopic (exact) mass is 261 g/mol. The van der Waals surface area contributed by atoms with E-state index in [4.69, 9.17) is 11.6 Å². The molecular weight excluding hydrogens is 250 g/mol. The number of H-pyrrole nitrogens is 1. The number of rotatable bonds is 2. The Kier molecular flexibility index (Phi) is 2.56. The van der Waals surface area contributed by atoms with Crippen LogP contribution >= 0.6 is 11.6 Å². The highest BCUT2D eigenvalue weighted by atomic mass is 35.5. The molecule has 5 nitrogen and oxygen atoms in total. The van der Waals surface area contributed by atoms with Gasteiger partial charge in [0.2, 0.25) is 0 Å². The molecule has 3 aromatic rings. The van der Waals surface area contributed by atoms with Crippen LogP contribution in [0.2, 0.25) is 5.15 Å². The summed E-state index contributed by atoms with van der Waals surface area (Å²) in [6.07, 6.45) is 3.48. The molecule has 0 bridgehead atoms. The average molecular weight is 262 g/mol. The van der Waals surface area contributed by atoms with Crippen molar-refractivity contribution in [3.8, 4) is 11.3 Å². The minimum Gasteiger partial charge on any atom is -0.351 e. The molecule has 3 aromatic heterocycles. The molecule has 0 aliphatic carbocycles. The first-order chi connectivity index (χ1) is 8.69. The van der Waals surface area contributed by atoms with E-state index in [0.29, 0.717) is 5.15 Å². The largest absolute Gasteiger partial charge is 0.351 e. The zero-order valence-corrected chi connectivity index (χ0v) is 10.9. The molecule has 1 N–H and O–H groups in total. The summed E-state index contributed by atoms with van der Waals surface area (Å²) in [5.41, 5.74) is 4.58. The van der Waals surface area contributed by atoms with Gasteiger partial charge in [-0.15, -0.1) is 0 Å². The van der Waals surface area contributed by atoms with E-state index >= 15 is 0 Å². The van der Waals surface area contributed by atoms with Crippen molar-refractivity contribution in [3.63, 3.8) is 0 Å². The van der Waals surface area contributed by atoms with E-state index in [1.165, 1.54) is 6.33 Å². The van der Waals surface area contributed by atoms with Crippen molar-refractivity contribution in [2.75, 3.05) is 0 Å². The molecule has 3 heterocycles. The molecule has 0 spiro atoms. The predicted molar refractivity (Wildman–Crippen MR) is 70.5 cm³/mol. The maximum Gasteiger partial charge on any atom is 0.156 e. The van der Waals surface area contributed by atoms with Crippen LogP contribution in [0, 0.1) is 6.92 Å². The Bertz CT molecular complexity index is 712. The standard InChI is InChI=1S/C12H12ClN5/c1-3-18-5-8(7(2)17-18)9-4-10-11(16-9)12(13)15-6-14-10/h4-6,16H,3H2,1-2H3. The lowest BCUT2D eigenvalue weighted by atomic mass is 10.2. The zero-order chi connectivity index (χ0) is 12.7. The SMILES string of the molecule is CCn1cc(-c2cc3ncnc(Cl)c3[nH]2)c(C)n1. The van der Waals surface area contributed by atoms with Gasteiger partial charge in [-0.1, -0.05) is 11.6 Å². The summed E-state index contributed by atoms with van der Waals surface area (Å²) in [5.74, 6) is 0. The molecule has 0 unspecified atom stereocenters. The lowest BCUT2D eigenvalue weighted by Gasteiger charge is -1.93. The fraction of sp³-hybridized carbons (Fsp3) is 0.250. The third kappa shape index (κ3) is 1.67. The van der Waals surface area contributed by atoms with Crippen molar-refractivity contribution < 1.29 is 0 Å². The molecule has 0 amide bonds. The van der Waals surface area contributed by atoms with Gasteiger partial charge >= 0.3 is 0 Å². The molecule has 0 saturated carbocycles. The van der Waals surface area contributed by atoms with Gasteiger partial charge in [-0.25, -0.2) is 9.97 Å². The first-order valence-corrected chi connectivity index (χ1v) is 6.10. The Labute approximate surface area is 109 Å². The predicted octanol–water partition coefficient (Wildman–Crippen LogP) is 2.80. The van der Waals surface area contributed by atoms with Gasteiger partial charge in [0.25, 0.3) is 0 Å². The van der Waals surface area contributed by atoms with Gasteiger partial charge in [0.15, 0.2) is 5.15 Å². The highest BCUT2D eigenvalue weighted by molar-refractivity contribution is 6.33. The van der Waals surface area contributed by atoms with E-state index in [1.807, 2.05) is 23.9 Å². The van der Waals surface area contributed by atoms with Crippen molar-refractivity contribution >= 4 is 22.6 Å². The van der Waals surface area contributed by atoms with E-state index < -0.39 is 0 Å². The summed E-state index contributed by atoms with van der Waals surface area (Å²) in [6, 6.07) is 1.97. The van der Waals surface area contributed by atoms with Crippen LogP contribution < -0.4 is 0 Å². The number of hydrogen-bond acceptors (Lipinski definition) is 3. The fourth-order valence-electron chi connectivity index (χ4n) is 2.00. The smallest absolute Gasteiger partial charge is 0.156 e. The van der Waals surface area contributed by atoms with Crippen molar-refractivity contribution in [2.45, 2.75) is 20.4 Å². The highest BCUT2D eigenvalue weighted by Crippen LogP contribution is 2.27. The topological polar surface area (TPSA) is 59.4 Å². The Morgan fingerprint density at radius 2 is 2.22 bits per heavy atom. The van der Waals surface area contributed by atoms with Gasteiger partial charge in [-0.3, -0.25) is 4.68 Å². The van der Waals surface area contributed by atoms with Crippen molar-refractivity contribution in [2.24, 2.45) is 0 Å². The normalized spacial score (nSPS) is 11.3. The maximum absolute atomic E-state index is 6.03. The zero-order valence-electron chi connectivity index (χ0n) is 10.1. The minimum absolute atomic E-state index is 0.437. The van der Waals surface area contributed by atoms with Crippen molar-refractivity contribution in [1.29, 1.82) is 0 Å². The Morgan fingerprint density at radius 3 is 2.89 bits per heavy atom. The highest BCUT2D eigenvalue weighted by Gasteiger charge is 2.12. The van der Waals surface area contributed by atoms with Gasteiger partial charge in [-0.05, 0) is 19.9 Å². The number of aromatic nitrogens is 5. The Balaban J connectivity index is 2.19. The number of nitrogens with one attached hydrogen (secondary N) is 1. The molecule has 0 radical (unpaired) electrons. The molecule has 92 valence electrons. The van der Waals surface area contributed by atoms with Gasteiger partial charge in [0, 0.05) is 18.3 Å². The van der Waals surface area contributed by atoms with Crippen LogP contribution in [0.3, 0.4) is 0 Å². The van der Waals surface area contributed by atoms with Gasteiger partial charge in [0.1, 0.15) is 11.8 Å². The van der Waals surface area contributed by atoms with Crippen molar-refractivity contribution in [1.82, 2.24) is 24.7 Å². The first-order valence-electron chi connectivity index (χ1n) is 5.72. The third-order valence-corrected chi connectivity index (χ3v) is 3.22. The van der Waals surface area contributed by atoms with Gasteiger partial charge in [-0.2, -0.15) is 5.10 Å². The molecule has 6 heteroatoms.